The number of hydrogen-bond acceptors (Lipinski definition) is 5. The Balaban J connectivity index is 1.62. The number of hydrogen-bond donors (Lipinski definition) is 0. The minimum absolute atomic E-state index is 0.0307. The van der Waals surface area contributed by atoms with E-state index in [1.807, 2.05) is 53.1 Å². The fourth-order valence-electron chi connectivity index (χ4n) is 2.45. The number of rotatable bonds is 7. The monoisotopic (exact) mass is 446 g/mol. The Labute approximate surface area is 170 Å². The van der Waals surface area contributed by atoms with Crippen molar-refractivity contribution in [1.29, 1.82) is 0 Å². The van der Waals surface area contributed by atoms with E-state index in [4.69, 9.17) is 4.74 Å². The van der Waals surface area contributed by atoms with Gasteiger partial charge in [-0.25, -0.2) is 0 Å². The highest BCUT2D eigenvalue weighted by atomic mass is 79.9. The summed E-state index contributed by atoms with van der Waals surface area (Å²) in [7, 11) is 3.43. The first kappa shape index (κ1) is 19.4. The van der Waals surface area contributed by atoms with Crippen LogP contribution in [0.4, 0.5) is 0 Å². The van der Waals surface area contributed by atoms with Gasteiger partial charge in [-0.2, -0.15) is 0 Å². The third-order valence-corrected chi connectivity index (χ3v) is 5.39. The molecule has 0 N–H and O–H groups in total. The number of amides is 1. The molecule has 0 aliphatic rings. The molecule has 27 heavy (non-hydrogen) atoms. The highest BCUT2D eigenvalue weighted by molar-refractivity contribution is 9.10. The minimum atomic E-state index is 0.0307. The molecule has 0 spiro atoms. The fraction of sp³-hybridized carbons (Fsp3) is 0.211. The fourth-order valence-corrected chi connectivity index (χ4v) is 3.58. The first-order valence-corrected chi connectivity index (χ1v) is 10.0. The predicted molar refractivity (Wildman–Crippen MR) is 109 cm³/mol. The molecule has 0 bridgehead atoms. The number of carbonyl (C=O) groups is 1. The van der Waals surface area contributed by atoms with Gasteiger partial charge in [0.1, 0.15) is 12.1 Å². The normalized spacial score (nSPS) is 10.6. The first-order valence-electron chi connectivity index (χ1n) is 8.22. The van der Waals surface area contributed by atoms with Gasteiger partial charge in [0, 0.05) is 24.1 Å². The molecule has 2 aromatic carbocycles. The third kappa shape index (κ3) is 5.11. The second-order valence-corrected chi connectivity index (χ2v) is 7.71. The summed E-state index contributed by atoms with van der Waals surface area (Å²) in [5.41, 5.74) is 1.97. The molecule has 0 saturated carbocycles. The van der Waals surface area contributed by atoms with Crippen LogP contribution in [0.3, 0.4) is 0 Å². The van der Waals surface area contributed by atoms with Crippen molar-refractivity contribution in [1.82, 2.24) is 19.7 Å². The largest absolute Gasteiger partial charge is 0.497 e. The molecule has 0 aliphatic carbocycles. The van der Waals surface area contributed by atoms with Crippen LogP contribution in [0, 0.1) is 0 Å². The highest BCUT2D eigenvalue weighted by Gasteiger charge is 2.14. The van der Waals surface area contributed by atoms with Crippen LogP contribution < -0.4 is 4.74 Å². The molecule has 0 atom stereocenters. The van der Waals surface area contributed by atoms with Crippen LogP contribution in [0.15, 0.2) is 64.5 Å². The second-order valence-electron chi connectivity index (χ2n) is 5.85. The van der Waals surface area contributed by atoms with Crippen LogP contribution in [0.2, 0.25) is 0 Å². The molecule has 1 amide bonds. The van der Waals surface area contributed by atoms with Crippen LogP contribution in [0.25, 0.3) is 5.69 Å². The van der Waals surface area contributed by atoms with Gasteiger partial charge in [0.05, 0.1) is 18.6 Å². The van der Waals surface area contributed by atoms with Crippen molar-refractivity contribution >= 4 is 33.6 Å². The number of methoxy groups -OCH3 is 1. The van der Waals surface area contributed by atoms with E-state index in [9.17, 15) is 4.79 Å². The molecule has 0 unspecified atom stereocenters. The summed E-state index contributed by atoms with van der Waals surface area (Å²) in [6, 6.07) is 15.6. The zero-order valence-corrected chi connectivity index (χ0v) is 17.4. The molecule has 1 aromatic heterocycles. The lowest BCUT2D eigenvalue weighted by Gasteiger charge is -2.17. The maximum absolute atomic E-state index is 12.5. The van der Waals surface area contributed by atoms with Gasteiger partial charge in [-0.1, -0.05) is 45.9 Å². The zero-order valence-electron chi connectivity index (χ0n) is 15.0. The van der Waals surface area contributed by atoms with Gasteiger partial charge in [0.25, 0.3) is 0 Å². The SMILES string of the molecule is COc1cccc(-n2cnnc2SCC(=O)N(C)Cc2ccc(Br)cc2)c1. The maximum Gasteiger partial charge on any atom is 0.233 e. The second kappa shape index (κ2) is 9.05. The van der Waals surface area contributed by atoms with Gasteiger partial charge in [-0.3, -0.25) is 9.36 Å². The van der Waals surface area contributed by atoms with Crippen LogP contribution in [0.1, 0.15) is 5.56 Å². The van der Waals surface area contributed by atoms with Crippen LogP contribution in [0.5, 0.6) is 5.75 Å². The standard InChI is InChI=1S/C19H19BrN4O2S/c1-23(11-14-6-8-15(20)9-7-14)18(25)12-27-19-22-21-13-24(19)16-4-3-5-17(10-16)26-2/h3-10,13H,11-12H2,1-2H3. The van der Waals surface area contributed by atoms with Crippen molar-refractivity contribution in [2.75, 3.05) is 19.9 Å². The van der Waals surface area contributed by atoms with Crippen LogP contribution in [-0.2, 0) is 11.3 Å². The molecular formula is C19H19BrN4O2S. The number of ether oxygens (including phenoxy) is 1. The Kier molecular flexibility index (Phi) is 6.52. The van der Waals surface area contributed by atoms with Crippen molar-refractivity contribution in [3.05, 3.63) is 64.9 Å². The quantitative estimate of drug-likeness (QED) is 0.516. The third-order valence-electron chi connectivity index (χ3n) is 3.93. The molecule has 0 radical (unpaired) electrons. The van der Waals surface area contributed by atoms with E-state index >= 15 is 0 Å². The molecule has 0 fully saturated rings. The topological polar surface area (TPSA) is 60.2 Å². The molecule has 140 valence electrons. The van der Waals surface area contributed by atoms with Gasteiger partial charge < -0.3 is 9.64 Å². The Morgan fingerprint density at radius 3 is 2.78 bits per heavy atom. The molecule has 1 heterocycles. The van der Waals surface area contributed by atoms with E-state index in [-0.39, 0.29) is 11.7 Å². The van der Waals surface area contributed by atoms with Gasteiger partial charge in [0.15, 0.2) is 5.16 Å². The number of carbonyl (C=O) groups excluding carboxylic acids is 1. The summed E-state index contributed by atoms with van der Waals surface area (Å²) in [4.78, 5) is 14.2. The lowest BCUT2D eigenvalue weighted by Crippen LogP contribution is -2.27. The molecule has 3 rings (SSSR count). The number of thioether (sulfide) groups is 1. The van der Waals surface area contributed by atoms with Crippen molar-refractivity contribution in [3.63, 3.8) is 0 Å². The number of nitrogens with zero attached hydrogens (tertiary/aromatic N) is 4. The predicted octanol–water partition coefficient (Wildman–Crippen LogP) is 3.79. The average molecular weight is 447 g/mol. The number of halogens is 1. The summed E-state index contributed by atoms with van der Waals surface area (Å²) in [5, 5.41) is 8.77. The maximum atomic E-state index is 12.5. The summed E-state index contributed by atoms with van der Waals surface area (Å²) in [6.45, 7) is 0.565. The first-order chi connectivity index (χ1) is 13.1. The van der Waals surface area contributed by atoms with E-state index < -0.39 is 0 Å². The molecule has 6 nitrogen and oxygen atoms in total. The van der Waals surface area contributed by atoms with Gasteiger partial charge in [0.2, 0.25) is 5.91 Å². The Morgan fingerprint density at radius 1 is 1.26 bits per heavy atom. The van der Waals surface area contributed by atoms with Gasteiger partial charge in [-0.15, -0.1) is 10.2 Å². The van der Waals surface area contributed by atoms with Crippen molar-refractivity contribution in [3.8, 4) is 11.4 Å². The van der Waals surface area contributed by atoms with E-state index in [1.54, 1.807) is 25.4 Å². The highest BCUT2D eigenvalue weighted by Crippen LogP contribution is 2.23. The van der Waals surface area contributed by atoms with Crippen molar-refractivity contribution in [2.45, 2.75) is 11.7 Å². The van der Waals surface area contributed by atoms with Crippen molar-refractivity contribution < 1.29 is 9.53 Å². The molecule has 0 saturated heterocycles. The summed E-state index contributed by atoms with van der Waals surface area (Å²) < 4.78 is 8.13. The van der Waals surface area contributed by atoms with E-state index in [2.05, 4.69) is 26.1 Å². The number of benzene rings is 2. The van der Waals surface area contributed by atoms with Crippen LogP contribution >= 0.6 is 27.7 Å². The Hall–Kier alpha value is -2.32. The van der Waals surface area contributed by atoms with E-state index in [0.29, 0.717) is 11.7 Å². The number of aromatic nitrogens is 3. The lowest BCUT2D eigenvalue weighted by atomic mass is 10.2. The lowest BCUT2D eigenvalue weighted by molar-refractivity contribution is -0.127. The van der Waals surface area contributed by atoms with Crippen LogP contribution in [-0.4, -0.2) is 45.5 Å². The summed E-state index contributed by atoms with van der Waals surface area (Å²) >= 11 is 4.78. The molecule has 3 aromatic rings. The summed E-state index contributed by atoms with van der Waals surface area (Å²) in [5.74, 6) is 1.07. The van der Waals surface area contributed by atoms with E-state index in [0.717, 1.165) is 21.5 Å². The van der Waals surface area contributed by atoms with Gasteiger partial charge >= 0.3 is 0 Å². The van der Waals surface area contributed by atoms with Gasteiger partial charge in [-0.05, 0) is 29.8 Å². The van der Waals surface area contributed by atoms with E-state index in [1.165, 1.54) is 11.8 Å². The Bertz CT molecular complexity index is 914. The zero-order chi connectivity index (χ0) is 19.2. The minimum Gasteiger partial charge on any atom is -0.497 e. The molecule has 0 aliphatic heterocycles. The van der Waals surface area contributed by atoms with Crippen molar-refractivity contribution in [2.24, 2.45) is 0 Å². The molecular weight excluding hydrogens is 428 g/mol. The Morgan fingerprint density at radius 2 is 2.04 bits per heavy atom. The summed E-state index contributed by atoms with van der Waals surface area (Å²) in [6.07, 6.45) is 1.63. The average Bonchev–Trinajstić information content (AvgIpc) is 3.16. The smallest absolute Gasteiger partial charge is 0.233 e. The molecule has 8 heteroatoms.